The quantitative estimate of drug-likeness (QED) is 0.227. The van der Waals surface area contributed by atoms with Crippen molar-refractivity contribution in [3.63, 3.8) is 0 Å². The first kappa shape index (κ1) is 21.2. The van der Waals surface area contributed by atoms with Crippen LogP contribution >= 0.6 is 0 Å². The van der Waals surface area contributed by atoms with E-state index in [0.29, 0.717) is 0 Å². The molecule has 0 fully saturated rings. The normalized spacial score (nSPS) is 11.8. The molecule has 1 aliphatic carbocycles. The Morgan fingerprint density at radius 2 is 0.947 bits per heavy atom. The Hall–Kier alpha value is -4.95. The van der Waals surface area contributed by atoms with Gasteiger partial charge in [0.2, 0.25) is 0 Å². The summed E-state index contributed by atoms with van der Waals surface area (Å²) in [5, 5.41) is 2.50. The summed E-state index contributed by atoms with van der Waals surface area (Å²) in [6, 6.07) is 43.9. The van der Waals surface area contributed by atoms with Gasteiger partial charge >= 0.3 is 0 Å². The fourth-order valence-electron chi connectivity index (χ4n) is 6.19. The predicted molar refractivity (Wildman–Crippen MR) is 159 cm³/mol. The molecular formula is C36H24N2. The minimum absolute atomic E-state index is 0.932. The van der Waals surface area contributed by atoms with Crippen LogP contribution in [-0.2, 0) is 0 Å². The van der Waals surface area contributed by atoms with Gasteiger partial charge in [-0.3, -0.25) is 4.57 Å². The molecule has 8 rings (SSSR count). The molecule has 0 aliphatic heterocycles. The number of hydrogen-bond donors (Lipinski definition) is 0. The van der Waals surface area contributed by atoms with Crippen LogP contribution in [0.5, 0.6) is 0 Å². The number of nitrogens with zero attached hydrogens (tertiary/aromatic N) is 2. The van der Waals surface area contributed by atoms with Crippen LogP contribution in [0.2, 0.25) is 0 Å². The van der Waals surface area contributed by atoms with Crippen molar-refractivity contribution in [3.05, 3.63) is 133 Å². The van der Waals surface area contributed by atoms with Crippen molar-refractivity contribution in [2.24, 2.45) is 0 Å². The molecule has 0 N–H and O–H groups in total. The Bertz CT molecular complexity index is 2040. The average Bonchev–Trinajstić information content (AvgIpc) is 3.29. The van der Waals surface area contributed by atoms with Gasteiger partial charge in [0.05, 0.1) is 11.0 Å². The maximum atomic E-state index is 5.13. The van der Waals surface area contributed by atoms with Crippen molar-refractivity contribution in [3.8, 4) is 50.3 Å². The molecule has 0 amide bonds. The molecule has 2 heteroatoms. The van der Waals surface area contributed by atoms with E-state index in [4.69, 9.17) is 4.98 Å². The number of aromatic nitrogens is 2. The van der Waals surface area contributed by atoms with Gasteiger partial charge in [0, 0.05) is 22.5 Å². The summed E-state index contributed by atoms with van der Waals surface area (Å²) in [4.78, 5) is 5.13. The number of hydrogen-bond acceptors (Lipinski definition) is 1. The van der Waals surface area contributed by atoms with Crippen LogP contribution in [0.25, 0.3) is 72.1 Å². The van der Waals surface area contributed by atoms with Crippen LogP contribution in [0.3, 0.4) is 0 Å². The fraction of sp³-hybridized carbons (Fsp3) is 0.0278. The largest absolute Gasteiger partial charge is 0.294 e. The van der Waals surface area contributed by atoms with E-state index in [1.807, 2.05) is 0 Å². The first-order valence-electron chi connectivity index (χ1n) is 13.1. The topological polar surface area (TPSA) is 17.8 Å². The van der Waals surface area contributed by atoms with Gasteiger partial charge in [-0.25, -0.2) is 4.98 Å². The number of rotatable bonds is 1. The van der Waals surface area contributed by atoms with Crippen molar-refractivity contribution in [2.45, 2.75) is 6.92 Å². The summed E-state index contributed by atoms with van der Waals surface area (Å²) >= 11 is 0. The molecule has 178 valence electrons. The second-order valence-corrected chi connectivity index (χ2v) is 10.1. The third kappa shape index (κ3) is 2.98. The van der Waals surface area contributed by atoms with Crippen molar-refractivity contribution in [1.29, 1.82) is 0 Å². The zero-order chi connectivity index (χ0) is 25.2. The van der Waals surface area contributed by atoms with Crippen LogP contribution in [0, 0.1) is 6.92 Å². The van der Waals surface area contributed by atoms with E-state index in [9.17, 15) is 0 Å². The third-order valence-corrected chi connectivity index (χ3v) is 7.89. The molecule has 38 heavy (non-hydrogen) atoms. The first-order chi connectivity index (χ1) is 18.8. The molecule has 7 aromatic rings. The summed E-state index contributed by atoms with van der Waals surface area (Å²) in [6.07, 6.45) is 2.07. The lowest BCUT2D eigenvalue weighted by atomic mass is 9.81. The minimum Gasteiger partial charge on any atom is -0.294 e. The Morgan fingerprint density at radius 1 is 0.447 bits per heavy atom. The zero-order valence-corrected chi connectivity index (χ0v) is 21.0. The van der Waals surface area contributed by atoms with Gasteiger partial charge in [0.15, 0.2) is 0 Å². The van der Waals surface area contributed by atoms with Crippen molar-refractivity contribution in [2.75, 3.05) is 0 Å². The Balaban J connectivity index is 1.49. The number of aryl methyl sites for hydroxylation is 1. The van der Waals surface area contributed by atoms with E-state index >= 15 is 0 Å². The van der Waals surface area contributed by atoms with Crippen molar-refractivity contribution >= 4 is 21.8 Å². The van der Waals surface area contributed by atoms with Crippen LogP contribution < -0.4 is 0 Å². The molecule has 2 heterocycles. The van der Waals surface area contributed by atoms with E-state index < -0.39 is 0 Å². The molecule has 1 aliphatic rings. The van der Waals surface area contributed by atoms with Crippen molar-refractivity contribution < 1.29 is 0 Å². The summed E-state index contributed by atoms with van der Waals surface area (Å²) < 4.78 is 2.32. The third-order valence-electron chi connectivity index (χ3n) is 7.89. The van der Waals surface area contributed by atoms with E-state index in [1.165, 1.54) is 66.3 Å². The van der Waals surface area contributed by atoms with E-state index in [-0.39, 0.29) is 0 Å². The van der Waals surface area contributed by atoms with E-state index in [2.05, 4.69) is 139 Å². The standard InChI is InChI=1S/C36H24N2/c1-23-18-19-31-30-16-8-9-17-34(30)38(35(31)20-23)36-21-32-28-14-6-4-12-26(28)24-10-2-3-11-25(24)27-13-5-7-15-29(27)33(32)22-37-36/h2-22H,1H3. The highest BCUT2D eigenvalue weighted by Gasteiger charge is 2.23. The lowest BCUT2D eigenvalue weighted by Gasteiger charge is -2.23. The monoisotopic (exact) mass is 484 g/mol. The highest BCUT2D eigenvalue weighted by atomic mass is 15.1. The van der Waals surface area contributed by atoms with Gasteiger partial charge in [-0.05, 0) is 69.6 Å². The molecule has 2 nitrogen and oxygen atoms in total. The van der Waals surface area contributed by atoms with Gasteiger partial charge in [-0.2, -0.15) is 0 Å². The number of fused-ring (bicyclic) bond motifs is 11. The number of pyridine rings is 1. The summed E-state index contributed by atoms with van der Waals surface area (Å²) in [7, 11) is 0. The fourth-order valence-corrected chi connectivity index (χ4v) is 6.19. The molecule has 5 aromatic carbocycles. The van der Waals surface area contributed by atoms with Crippen LogP contribution in [0.4, 0.5) is 0 Å². The Kier molecular flexibility index (Phi) is 4.47. The van der Waals surface area contributed by atoms with E-state index in [0.717, 1.165) is 11.4 Å². The maximum absolute atomic E-state index is 5.13. The Morgan fingerprint density at radius 3 is 1.58 bits per heavy atom. The smallest absolute Gasteiger partial charge is 0.138 e. The Labute approximate surface area is 221 Å². The molecule has 0 saturated carbocycles. The van der Waals surface area contributed by atoms with Crippen LogP contribution in [-0.4, -0.2) is 9.55 Å². The highest BCUT2D eigenvalue weighted by Crippen LogP contribution is 2.47. The molecule has 0 saturated heterocycles. The summed E-state index contributed by atoms with van der Waals surface area (Å²) in [5.41, 5.74) is 13.4. The molecule has 0 radical (unpaired) electrons. The van der Waals surface area contributed by atoms with Gasteiger partial charge in [-0.15, -0.1) is 0 Å². The molecule has 0 unspecified atom stereocenters. The lowest BCUT2D eigenvalue weighted by molar-refractivity contribution is 1.08. The van der Waals surface area contributed by atoms with E-state index in [1.54, 1.807) is 0 Å². The maximum Gasteiger partial charge on any atom is 0.138 e. The second-order valence-electron chi connectivity index (χ2n) is 10.1. The molecule has 2 aromatic heterocycles. The van der Waals surface area contributed by atoms with Crippen LogP contribution in [0.15, 0.2) is 128 Å². The summed E-state index contributed by atoms with van der Waals surface area (Å²) in [5.74, 6) is 0.932. The molecule has 0 atom stereocenters. The van der Waals surface area contributed by atoms with Gasteiger partial charge < -0.3 is 0 Å². The zero-order valence-electron chi connectivity index (χ0n) is 21.0. The van der Waals surface area contributed by atoms with Crippen molar-refractivity contribution in [1.82, 2.24) is 9.55 Å². The minimum atomic E-state index is 0.932. The first-order valence-corrected chi connectivity index (χ1v) is 13.1. The lowest BCUT2D eigenvalue weighted by Crippen LogP contribution is -2.02. The average molecular weight is 485 g/mol. The number of benzene rings is 5. The molecule has 0 spiro atoms. The van der Waals surface area contributed by atoms with Gasteiger partial charge in [0.25, 0.3) is 0 Å². The van der Waals surface area contributed by atoms with Gasteiger partial charge in [-0.1, -0.05) is 103 Å². The van der Waals surface area contributed by atoms with Gasteiger partial charge in [0.1, 0.15) is 5.82 Å². The SMILES string of the molecule is Cc1ccc2c3ccccc3n(-c3cc4c(cn3)-c3ccccc3-c3ccccc3-c3ccccc3-4)c2c1. The number of para-hydroxylation sites is 1. The molecule has 0 bridgehead atoms. The highest BCUT2D eigenvalue weighted by molar-refractivity contribution is 6.09. The predicted octanol–water partition coefficient (Wildman–Crippen LogP) is 9.47. The van der Waals surface area contributed by atoms with Crippen LogP contribution in [0.1, 0.15) is 5.56 Å². The summed E-state index contributed by atoms with van der Waals surface area (Å²) in [6.45, 7) is 2.15. The second kappa shape index (κ2) is 8.03. The molecular weight excluding hydrogens is 460 g/mol.